The molecule has 7 nitrogen and oxygen atoms in total. The van der Waals surface area contributed by atoms with Gasteiger partial charge in [-0.1, -0.05) is 50.7 Å². The van der Waals surface area contributed by atoms with Crippen LogP contribution in [-0.4, -0.2) is 37.8 Å². The first-order valence-corrected chi connectivity index (χ1v) is 9.84. The summed E-state index contributed by atoms with van der Waals surface area (Å²) in [6.45, 7) is 6.25. The molecule has 9 heteroatoms. The number of nitrogens with one attached hydrogen (secondary N) is 1. The van der Waals surface area contributed by atoms with Gasteiger partial charge in [0.2, 0.25) is 11.1 Å². The smallest absolute Gasteiger partial charge is 0.257 e. The minimum atomic E-state index is -0.478. The van der Waals surface area contributed by atoms with Gasteiger partial charge in [0.1, 0.15) is 5.82 Å². The maximum absolute atomic E-state index is 13.4. The fourth-order valence-corrected chi connectivity index (χ4v) is 3.22. The summed E-state index contributed by atoms with van der Waals surface area (Å²) in [5.41, 5.74) is 1.92. The number of hydrogen-bond donors (Lipinski definition) is 1. The van der Waals surface area contributed by atoms with Crippen LogP contribution in [0.5, 0.6) is 0 Å². The maximum Gasteiger partial charge on any atom is 0.257 e. The third-order valence-electron chi connectivity index (χ3n) is 4.09. The average Bonchev–Trinajstić information content (AvgIpc) is 3.14. The predicted octanol–water partition coefficient (Wildman–Crippen LogP) is 3.15. The number of hydrogen-bond acceptors (Lipinski definition) is 6. The summed E-state index contributed by atoms with van der Waals surface area (Å²) in [5.74, 6) is -1.44. The van der Waals surface area contributed by atoms with Crippen molar-refractivity contribution >= 4 is 23.6 Å². The lowest BCUT2D eigenvalue weighted by Crippen LogP contribution is -2.32. The number of nitrogens with zero attached hydrogens (tertiary/aromatic N) is 4. The van der Waals surface area contributed by atoms with Crippen molar-refractivity contribution in [3.05, 3.63) is 65.5 Å². The highest BCUT2D eigenvalue weighted by Crippen LogP contribution is 2.22. The minimum absolute atomic E-state index is 0.0207. The molecule has 2 aromatic carbocycles. The molecular weight excluding hydrogens is 393 g/mol. The Hall–Kier alpha value is -3.07. The van der Waals surface area contributed by atoms with Gasteiger partial charge in [0.15, 0.2) is 0 Å². The van der Waals surface area contributed by atoms with E-state index in [-0.39, 0.29) is 11.2 Å². The van der Waals surface area contributed by atoms with Crippen molar-refractivity contribution in [2.45, 2.75) is 31.3 Å². The molecular formula is C20H20FN5O2S. The first-order chi connectivity index (χ1) is 13.7. The second-order valence-corrected chi connectivity index (χ2v) is 8.29. The summed E-state index contributed by atoms with van der Waals surface area (Å²) in [4.78, 5) is 24.4. The van der Waals surface area contributed by atoms with Gasteiger partial charge < -0.3 is 0 Å². The van der Waals surface area contributed by atoms with Gasteiger partial charge in [-0.25, -0.2) is 4.39 Å². The second kappa shape index (κ2) is 8.52. The molecule has 1 aromatic heterocycles. The minimum Gasteiger partial charge on any atom is -0.292 e. The number of benzene rings is 2. The standard InChI is InChI=1S/C20H20FN5O2S/c1-20(2,3)14-9-7-13(8-10-14)18(28)22-17(27)12-29-19-23-24-25-26(19)16-6-4-5-15(21)11-16/h4-11H,12H2,1-3H3,(H,22,27,28). The molecule has 0 unspecified atom stereocenters. The highest BCUT2D eigenvalue weighted by atomic mass is 32.2. The molecule has 2 amide bonds. The molecule has 0 saturated carbocycles. The lowest BCUT2D eigenvalue weighted by molar-refractivity contribution is -0.117. The van der Waals surface area contributed by atoms with Crippen molar-refractivity contribution in [3.63, 3.8) is 0 Å². The van der Waals surface area contributed by atoms with E-state index in [1.54, 1.807) is 18.2 Å². The molecule has 0 spiro atoms. The monoisotopic (exact) mass is 413 g/mol. The molecule has 0 aliphatic heterocycles. The van der Waals surface area contributed by atoms with Gasteiger partial charge in [0.05, 0.1) is 11.4 Å². The van der Waals surface area contributed by atoms with Gasteiger partial charge in [-0.15, -0.1) is 5.10 Å². The Morgan fingerprint density at radius 1 is 1.14 bits per heavy atom. The number of rotatable bonds is 5. The summed E-state index contributed by atoms with van der Waals surface area (Å²) in [5, 5.41) is 13.9. The number of thioether (sulfide) groups is 1. The van der Waals surface area contributed by atoms with Crippen LogP contribution < -0.4 is 5.32 Å². The molecule has 0 aliphatic carbocycles. The number of carbonyl (C=O) groups excluding carboxylic acids is 2. The largest absolute Gasteiger partial charge is 0.292 e. The van der Waals surface area contributed by atoms with Crippen LogP contribution in [0, 0.1) is 5.82 Å². The van der Waals surface area contributed by atoms with Crippen molar-refractivity contribution in [1.82, 2.24) is 25.5 Å². The molecule has 0 bridgehead atoms. The van der Waals surface area contributed by atoms with E-state index in [0.29, 0.717) is 16.4 Å². The molecule has 150 valence electrons. The SMILES string of the molecule is CC(C)(C)c1ccc(C(=O)NC(=O)CSc2nnnn2-c2cccc(F)c2)cc1. The van der Waals surface area contributed by atoms with E-state index in [1.807, 2.05) is 12.1 Å². The van der Waals surface area contributed by atoms with Gasteiger partial charge in [0.25, 0.3) is 5.91 Å². The molecule has 1 heterocycles. The van der Waals surface area contributed by atoms with Crippen LogP contribution in [0.15, 0.2) is 53.7 Å². The van der Waals surface area contributed by atoms with E-state index in [0.717, 1.165) is 17.3 Å². The van der Waals surface area contributed by atoms with Crippen LogP contribution in [0.2, 0.25) is 0 Å². The summed E-state index contributed by atoms with van der Waals surface area (Å²) in [6, 6.07) is 12.9. The Labute approximate surface area is 171 Å². The number of carbonyl (C=O) groups is 2. The predicted molar refractivity (Wildman–Crippen MR) is 107 cm³/mol. The van der Waals surface area contributed by atoms with Gasteiger partial charge in [0, 0.05) is 5.56 Å². The zero-order valence-electron chi connectivity index (χ0n) is 16.2. The Morgan fingerprint density at radius 2 is 1.86 bits per heavy atom. The van der Waals surface area contributed by atoms with Crippen molar-refractivity contribution < 1.29 is 14.0 Å². The number of imide groups is 1. The Kier molecular flexibility index (Phi) is 6.07. The normalized spacial score (nSPS) is 11.3. The quantitative estimate of drug-likeness (QED) is 0.647. The molecule has 0 saturated heterocycles. The van der Waals surface area contributed by atoms with E-state index < -0.39 is 17.6 Å². The molecule has 0 atom stereocenters. The topological polar surface area (TPSA) is 89.8 Å². The zero-order valence-corrected chi connectivity index (χ0v) is 17.0. The van der Waals surface area contributed by atoms with E-state index in [4.69, 9.17) is 0 Å². The first-order valence-electron chi connectivity index (χ1n) is 8.86. The molecule has 29 heavy (non-hydrogen) atoms. The fraction of sp³-hybridized carbons (Fsp3) is 0.250. The van der Waals surface area contributed by atoms with Gasteiger partial charge in [-0.3, -0.25) is 14.9 Å². The molecule has 0 fully saturated rings. The van der Waals surface area contributed by atoms with Crippen molar-refractivity contribution in [2.75, 3.05) is 5.75 Å². The number of amides is 2. The molecule has 3 rings (SSSR count). The maximum atomic E-state index is 13.4. The van der Waals surface area contributed by atoms with Crippen LogP contribution in [0.1, 0.15) is 36.7 Å². The Bertz CT molecular complexity index is 1030. The summed E-state index contributed by atoms with van der Waals surface area (Å²) in [6.07, 6.45) is 0. The molecule has 0 radical (unpaired) electrons. The summed E-state index contributed by atoms with van der Waals surface area (Å²) < 4.78 is 14.7. The zero-order chi connectivity index (χ0) is 21.0. The lowest BCUT2D eigenvalue weighted by Gasteiger charge is -2.18. The first kappa shape index (κ1) is 20.7. The lowest BCUT2D eigenvalue weighted by atomic mass is 9.87. The second-order valence-electron chi connectivity index (χ2n) is 7.35. The highest BCUT2D eigenvalue weighted by Gasteiger charge is 2.17. The van der Waals surface area contributed by atoms with Gasteiger partial charge >= 0.3 is 0 Å². The van der Waals surface area contributed by atoms with E-state index >= 15 is 0 Å². The average molecular weight is 413 g/mol. The molecule has 0 aliphatic rings. The van der Waals surface area contributed by atoms with Crippen LogP contribution in [0.4, 0.5) is 4.39 Å². The van der Waals surface area contributed by atoms with Crippen LogP contribution in [-0.2, 0) is 10.2 Å². The Morgan fingerprint density at radius 3 is 2.52 bits per heavy atom. The van der Waals surface area contributed by atoms with Crippen molar-refractivity contribution in [1.29, 1.82) is 0 Å². The Balaban J connectivity index is 1.60. The van der Waals surface area contributed by atoms with Crippen molar-refractivity contribution in [3.8, 4) is 5.69 Å². The number of halogens is 1. The van der Waals surface area contributed by atoms with E-state index in [9.17, 15) is 14.0 Å². The molecule has 1 N–H and O–H groups in total. The van der Waals surface area contributed by atoms with Crippen LogP contribution in [0.25, 0.3) is 5.69 Å². The van der Waals surface area contributed by atoms with Crippen molar-refractivity contribution in [2.24, 2.45) is 0 Å². The summed E-state index contributed by atoms with van der Waals surface area (Å²) >= 11 is 1.05. The van der Waals surface area contributed by atoms with E-state index in [2.05, 4.69) is 41.6 Å². The molecule has 3 aromatic rings. The van der Waals surface area contributed by atoms with Crippen LogP contribution in [0.3, 0.4) is 0 Å². The number of aromatic nitrogens is 4. The fourth-order valence-electron chi connectivity index (χ4n) is 2.53. The van der Waals surface area contributed by atoms with Gasteiger partial charge in [-0.2, -0.15) is 4.68 Å². The third-order valence-corrected chi connectivity index (χ3v) is 5.01. The van der Waals surface area contributed by atoms with E-state index in [1.165, 1.54) is 22.9 Å². The number of tetrazole rings is 1. The van der Waals surface area contributed by atoms with Gasteiger partial charge in [-0.05, 0) is 51.7 Å². The van der Waals surface area contributed by atoms with Crippen LogP contribution >= 0.6 is 11.8 Å². The summed E-state index contributed by atoms with van der Waals surface area (Å²) in [7, 11) is 0. The highest BCUT2D eigenvalue weighted by molar-refractivity contribution is 7.99. The third kappa shape index (κ3) is 5.26.